The molecule has 1 saturated carbocycles. The van der Waals surface area contributed by atoms with E-state index in [-0.39, 0.29) is 23.6 Å². The van der Waals surface area contributed by atoms with Gasteiger partial charge in [0.1, 0.15) is 9.84 Å². The van der Waals surface area contributed by atoms with Crippen molar-refractivity contribution < 1.29 is 13.2 Å². The summed E-state index contributed by atoms with van der Waals surface area (Å²) in [4.78, 5) is 13.1. The summed E-state index contributed by atoms with van der Waals surface area (Å²) < 4.78 is 22.0. The topological polar surface area (TPSA) is 54.5 Å². The number of carbonyl (C=O) groups is 1. The molecule has 0 heterocycles. The highest BCUT2D eigenvalue weighted by molar-refractivity contribution is 7.90. The summed E-state index contributed by atoms with van der Waals surface area (Å²) >= 11 is 0. The van der Waals surface area contributed by atoms with Gasteiger partial charge in [-0.2, -0.15) is 0 Å². The summed E-state index contributed by atoms with van der Waals surface area (Å²) in [5, 5.41) is 0. The molecule has 82 valence electrons. The van der Waals surface area contributed by atoms with E-state index in [0.29, 0.717) is 0 Å². The second-order valence-electron chi connectivity index (χ2n) is 4.16. The van der Waals surface area contributed by atoms with E-state index in [1.54, 1.807) is 18.9 Å². The molecule has 4 nitrogen and oxygen atoms in total. The van der Waals surface area contributed by atoms with Crippen LogP contribution in [0.15, 0.2) is 0 Å². The molecule has 14 heavy (non-hydrogen) atoms. The van der Waals surface area contributed by atoms with Crippen molar-refractivity contribution >= 4 is 15.7 Å². The van der Waals surface area contributed by atoms with Gasteiger partial charge < -0.3 is 4.90 Å². The number of sulfone groups is 1. The van der Waals surface area contributed by atoms with Crippen LogP contribution in [0.25, 0.3) is 0 Å². The molecule has 0 radical (unpaired) electrons. The van der Waals surface area contributed by atoms with Crippen molar-refractivity contribution in [2.75, 3.05) is 19.1 Å². The first kappa shape index (κ1) is 11.5. The second-order valence-corrected chi connectivity index (χ2v) is 6.35. The van der Waals surface area contributed by atoms with Gasteiger partial charge in [-0.3, -0.25) is 4.79 Å². The molecule has 0 aromatic carbocycles. The van der Waals surface area contributed by atoms with Crippen LogP contribution >= 0.6 is 0 Å². The first-order valence-corrected chi connectivity index (χ1v) is 6.81. The number of hydrogen-bond donors (Lipinski definition) is 0. The average molecular weight is 219 g/mol. The summed E-state index contributed by atoms with van der Waals surface area (Å²) in [5.74, 6) is 0.283. The summed E-state index contributed by atoms with van der Waals surface area (Å²) in [7, 11) is -1.32. The smallest absolute Gasteiger partial charge is 0.225 e. The normalized spacial score (nSPS) is 19.1. The fourth-order valence-corrected chi connectivity index (χ4v) is 2.49. The molecule has 0 bridgehead atoms. The molecule has 0 unspecified atom stereocenters. The highest BCUT2D eigenvalue weighted by Gasteiger charge is 2.34. The minimum atomic E-state index is -3.00. The van der Waals surface area contributed by atoms with Gasteiger partial charge in [-0.15, -0.1) is 0 Å². The van der Waals surface area contributed by atoms with Gasteiger partial charge >= 0.3 is 0 Å². The Morgan fingerprint density at radius 3 is 2.36 bits per heavy atom. The zero-order valence-electron chi connectivity index (χ0n) is 8.86. The maximum atomic E-state index is 11.6. The van der Waals surface area contributed by atoms with Crippen LogP contribution in [0.2, 0.25) is 0 Å². The zero-order chi connectivity index (χ0) is 10.9. The fourth-order valence-electron chi connectivity index (χ4n) is 1.39. The van der Waals surface area contributed by atoms with Crippen LogP contribution in [0.1, 0.15) is 19.8 Å². The summed E-state index contributed by atoms with van der Waals surface area (Å²) in [6.07, 6.45) is 3.10. The van der Waals surface area contributed by atoms with Crippen LogP contribution in [0.3, 0.4) is 0 Å². The maximum Gasteiger partial charge on any atom is 0.225 e. The van der Waals surface area contributed by atoms with Crippen molar-refractivity contribution in [3.8, 4) is 0 Å². The number of hydrogen-bond acceptors (Lipinski definition) is 3. The Hall–Kier alpha value is -0.580. The molecule has 5 heteroatoms. The van der Waals surface area contributed by atoms with Gasteiger partial charge in [0.25, 0.3) is 0 Å². The predicted octanol–water partition coefficient (Wildman–Crippen LogP) is 0.288. The lowest BCUT2D eigenvalue weighted by atomic mass is 10.3. The third-order valence-electron chi connectivity index (χ3n) is 2.48. The molecule has 1 fully saturated rings. The van der Waals surface area contributed by atoms with E-state index in [0.717, 1.165) is 12.8 Å². The number of nitrogens with zero attached hydrogens (tertiary/aromatic N) is 1. The van der Waals surface area contributed by atoms with Gasteiger partial charge in [-0.05, 0) is 19.8 Å². The molecule has 0 N–H and O–H groups in total. The molecule has 1 atom stereocenters. The molecule has 0 spiro atoms. The highest BCUT2D eigenvalue weighted by Crippen LogP contribution is 2.31. The Labute approximate surface area is 85.2 Å². The van der Waals surface area contributed by atoms with Crippen LogP contribution < -0.4 is 0 Å². The van der Waals surface area contributed by atoms with E-state index in [9.17, 15) is 13.2 Å². The van der Waals surface area contributed by atoms with E-state index in [1.807, 2.05) is 0 Å². The molecule has 1 aliphatic rings. The third kappa shape index (κ3) is 3.29. The summed E-state index contributed by atoms with van der Waals surface area (Å²) in [6, 6.07) is -0.224. The standard InChI is InChI=1S/C9H17NO3S/c1-7(6-14(3,12)13)10(2)9(11)8-4-5-8/h7-8H,4-6H2,1-3H3/t7-/m0/s1. The lowest BCUT2D eigenvalue weighted by molar-refractivity contribution is -0.132. The molecule has 1 aliphatic carbocycles. The zero-order valence-corrected chi connectivity index (χ0v) is 9.67. The van der Waals surface area contributed by atoms with Crippen molar-refractivity contribution in [2.45, 2.75) is 25.8 Å². The quantitative estimate of drug-likeness (QED) is 0.683. The monoisotopic (exact) mass is 219 g/mol. The van der Waals surface area contributed by atoms with Crippen molar-refractivity contribution in [1.82, 2.24) is 4.90 Å². The molecule has 1 rings (SSSR count). The Bertz CT molecular complexity index is 319. The van der Waals surface area contributed by atoms with Crippen molar-refractivity contribution in [2.24, 2.45) is 5.92 Å². The molecule has 0 saturated heterocycles. The van der Waals surface area contributed by atoms with Gasteiger partial charge in [0.15, 0.2) is 0 Å². The van der Waals surface area contributed by atoms with Crippen LogP contribution in [-0.2, 0) is 14.6 Å². The maximum absolute atomic E-state index is 11.6. The average Bonchev–Trinajstić information content (AvgIpc) is 2.80. The van der Waals surface area contributed by atoms with Gasteiger partial charge in [0, 0.05) is 25.3 Å². The van der Waals surface area contributed by atoms with Crippen LogP contribution in [-0.4, -0.2) is 44.3 Å². The predicted molar refractivity (Wildman–Crippen MR) is 54.7 cm³/mol. The van der Waals surface area contributed by atoms with Crippen LogP contribution in [0.4, 0.5) is 0 Å². The molecular weight excluding hydrogens is 202 g/mol. The van der Waals surface area contributed by atoms with E-state index in [4.69, 9.17) is 0 Å². The van der Waals surface area contributed by atoms with Gasteiger partial charge in [0.2, 0.25) is 5.91 Å². The van der Waals surface area contributed by atoms with Crippen molar-refractivity contribution in [1.29, 1.82) is 0 Å². The summed E-state index contributed by atoms with van der Waals surface area (Å²) in [6.45, 7) is 1.77. The lowest BCUT2D eigenvalue weighted by Gasteiger charge is -2.24. The first-order valence-electron chi connectivity index (χ1n) is 4.75. The molecule has 0 aromatic heterocycles. The van der Waals surface area contributed by atoms with Crippen LogP contribution in [0.5, 0.6) is 0 Å². The highest BCUT2D eigenvalue weighted by atomic mass is 32.2. The fraction of sp³-hybridized carbons (Fsp3) is 0.889. The van der Waals surface area contributed by atoms with E-state index < -0.39 is 9.84 Å². The molecule has 1 amide bonds. The number of rotatable bonds is 4. The molecule has 0 aromatic rings. The van der Waals surface area contributed by atoms with Gasteiger partial charge in [0.05, 0.1) is 5.75 Å². The Kier molecular flexibility index (Phi) is 3.19. The van der Waals surface area contributed by atoms with E-state index >= 15 is 0 Å². The number of amides is 1. The van der Waals surface area contributed by atoms with E-state index in [2.05, 4.69) is 0 Å². The van der Waals surface area contributed by atoms with Gasteiger partial charge in [-0.1, -0.05) is 0 Å². The third-order valence-corrected chi connectivity index (χ3v) is 3.57. The number of carbonyl (C=O) groups excluding carboxylic acids is 1. The Morgan fingerprint density at radius 1 is 1.50 bits per heavy atom. The first-order chi connectivity index (χ1) is 6.31. The van der Waals surface area contributed by atoms with Crippen LogP contribution in [0, 0.1) is 5.92 Å². The lowest BCUT2D eigenvalue weighted by Crippen LogP contribution is -2.40. The van der Waals surface area contributed by atoms with E-state index in [1.165, 1.54) is 6.26 Å². The minimum absolute atomic E-state index is 0.0436. The SMILES string of the molecule is C[C@@H](CS(C)(=O)=O)N(C)C(=O)C1CC1. The van der Waals surface area contributed by atoms with Gasteiger partial charge in [-0.25, -0.2) is 8.42 Å². The Morgan fingerprint density at radius 2 is 2.00 bits per heavy atom. The van der Waals surface area contributed by atoms with Crippen molar-refractivity contribution in [3.63, 3.8) is 0 Å². The summed E-state index contributed by atoms with van der Waals surface area (Å²) in [5.41, 5.74) is 0. The Balaban J connectivity index is 2.51. The molecular formula is C9H17NO3S. The molecule has 0 aliphatic heterocycles. The second kappa shape index (κ2) is 3.88. The minimum Gasteiger partial charge on any atom is -0.342 e. The van der Waals surface area contributed by atoms with Crippen molar-refractivity contribution in [3.05, 3.63) is 0 Å². The largest absolute Gasteiger partial charge is 0.342 e.